The molecule has 0 amide bonds. The number of pyridine rings is 1. The molecule has 0 bridgehead atoms. The Kier molecular flexibility index (Phi) is 6.08. The fraction of sp³-hybridized carbons (Fsp3) is 0.348. The van der Waals surface area contributed by atoms with Gasteiger partial charge in [-0.25, -0.2) is 19.4 Å². The molecule has 11 heteroatoms. The summed E-state index contributed by atoms with van der Waals surface area (Å²) in [5, 5.41) is 3.07. The number of nitrogens with two attached hydrogens (primary N) is 1. The number of aliphatic imine (C=N–C) groups is 2. The Morgan fingerprint density at radius 1 is 1.32 bits per heavy atom. The van der Waals surface area contributed by atoms with Crippen molar-refractivity contribution in [3.05, 3.63) is 53.1 Å². The Labute approximate surface area is 193 Å². The van der Waals surface area contributed by atoms with Gasteiger partial charge < -0.3 is 20.5 Å². The standard InChI is InChI=1S/C23H21F4N5O2/c1-3-4-7-33-14-5-6-17(29-12-14)20-30-11-13-8-16(24)15(9-18(13)31-20)22(2)10-19(23(25,26)27)34-21(28)32-22/h5-6,8-9,12,19H,7,10-11H2,1-2H3,(H2,28,32)(H,30,31)/t19-,22-/m0/s1. The number of amidine groups is 2. The van der Waals surface area contributed by atoms with Gasteiger partial charge in [0.2, 0.25) is 0 Å². The van der Waals surface area contributed by atoms with Gasteiger partial charge in [0.15, 0.2) is 11.9 Å². The average molecular weight is 475 g/mol. The highest BCUT2D eigenvalue weighted by molar-refractivity contribution is 5.99. The third kappa shape index (κ3) is 4.76. The van der Waals surface area contributed by atoms with Crippen LogP contribution in [0.5, 0.6) is 5.75 Å². The highest BCUT2D eigenvalue weighted by Crippen LogP contribution is 2.42. The van der Waals surface area contributed by atoms with E-state index in [9.17, 15) is 13.2 Å². The van der Waals surface area contributed by atoms with Crippen LogP contribution in [0.3, 0.4) is 0 Å². The van der Waals surface area contributed by atoms with Crippen LogP contribution >= 0.6 is 0 Å². The molecule has 0 saturated carbocycles. The number of aromatic nitrogens is 1. The molecule has 3 heterocycles. The molecule has 34 heavy (non-hydrogen) atoms. The smallest absolute Gasteiger partial charge is 0.425 e. The SMILES string of the molecule is CC#CCOc1ccc(C2=Nc3cc([C@]4(C)C[C@@H](C(F)(F)F)OC(N)=N4)c(F)cc3CN2)nc1. The summed E-state index contributed by atoms with van der Waals surface area (Å²) >= 11 is 0. The van der Waals surface area contributed by atoms with Crippen molar-refractivity contribution in [3.63, 3.8) is 0 Å². The zero-order chi connectivity index (χ0) is 24.5. The van der Waals surface area contributed by atoms with E-state index in [0.717, 1.165) is 0 Å². The first-order valence-electron chi connectivity index (χ1n) is 10.3. The zero-order valence-electron chi connectivity index (χ0n) is 18.3. The summed E-state index contributed by atoms with van der Waals surface area (Å²) in [5.74, 6) is 5.78. The lowest BCUT2D eigenvalue weighted by molar-refractivity contribution is -0.208. The van der Waals surface area contributed by atoms with E-state index in [1.165, 1.54) is 25.3 Å². The van der Waals surface area contributed by atoms with Gasteiger partial charge in [-0.1, -0.05) is 5.92 Å². The van der Waals surface area contributed by atoms with Crippen LogP contribution in [0.2, 0.25) is 0 Å². The largest absolute Gasteiger partial charge is 0.479 e. The summed E-state index contributed by atoms with van der Waals surface area (Å²) in [6, 6.07) is 5.42. The monoisotopic (exact) mass is 475 g/mol. The summed E-state index contributed by atoms with van der Waals surface area (Å²) in [6.45, 7) is 3.60. The lowest BCUT2D eigenvalue weighted by atomic mass is 9.84. The maximum absolute atomic E-state index is 15.0. The van der Waals surface area contributed by atoms with E-state index in [1.54, 1.807) is 19.1 Å². The molecule has 2 aliphatic heterocycles. The highest BCUT2D eigenvalue weighted by atomic mass is 19.4. The first-order valence-corrected chi connectivity index (χ1v) is 10.3. The molecule has 0 fully saturated rings. The second-order valence-corrected chi connectivity index (χ2v) is 7.95. The lowest BCUT2D eigenvalue weighted by Crippen LogP contribution is -2.46. The molecule has 2 aromatic rings. The van der Waals surface area contributed by atoms with Crippen LogP contribution in [-0.2, 0) is 16.8 Å². The summed E-state index contributed by atoms with van der Waals surface area (Å²) in [7, 11) is 0. The van der Waals surface area contributed by atoms with Crippen molar-refractivity contribution in [3.8, 4) is 17.6 Å². The predicted molar refractivity (Wildman–Crippen MR) is 117 cm³/mol. The number of hydrogen-bond acceptors (Lipinski definition) is 7. The van der Waals surface area contributed by atoms with Crippen molar-refractivity contribution in [1.82, 2.24) is 10.3 Å². The third-order valence-corrected chi connectivity index (χ3v) is 5.46. The van der Waals surface area contributed by atoms with Gasteiger partial charge in [0.05, 0.1) is 17.4 Å². The van der Waals surface area contributed by atoms with Gasteiger partial charge in [-0.15, -0.1) is 5.92 Å². The number of alkyl halides is 3. The fourth-order valence-corrected chi connectivity index (χ4v) is 3.76. The number of fused-ring (bicyclic) bond motifs is 1. The van der Waals surface area contributed by atoms with E-state index >= 15 is 4.39 Å². The van der Waals surface area contributed by atoms with Crippen LogP contribution in [0, 0.1) is 17.7 Å². The maximum Gasteiger partial charge on any atom is 0.425 e. The number of hydrogen-bond donors (Lipinski definition) is 2. The second kappa shape index (κ2) is 8.85. The molecule has 1 aromatic heterocycles. The van der Waals surface area contributed by atoms with Gasteiger partial charge in [0, 0.05) is 18.5 Å². The van der Waals surface area contributed by atoms with Gasteiger partial charge in [0.25, 0.3) is 6.02 Å². The number of nitrogens with one attached hydrogen (secondary N) is 1. The topological polar surface area (TPSA) is 94.1 Å². The van der Waals surface area contributed by atoms with Gasteiger partial charge in [-0.05, 0) is 43.7 Å². The molecule has 0 saturated heterocycles. The van der Waals surface area contributed by atoms with Crippen molar-refractivity contribution < 1.29 is 27.0 Å². The van der Waals surface area contributed by atoms with Crippen molar-refractivity contribution in [2.75, 3.05) is 6.61 Å². The second-order valence-electron chi connectivity index (χ2n) is 7.95. The molecule has 7 nitrogen and oxygen atoms in total. The van der Waals surface area contributed by atoms with Crippen molar-refractivity contribution >= 4 is 17.5 Å². The van der Waals surface area contributed by atoms with Crippen LogP contribution in [0.4, 0.5) is 23.2 Å². The summed E-state index contributed by atoms with van der Waals surface area (Å²) in [6.07, 6.45) is -5.96. The molecule has 0 aliphatic carbocycles. The van der Waals surface area contributed by atoms with Crippen LogP contribution in [0.15, 0.2) is 40.4 Å². The van der Waals surface area contributed by atoms with E-state index < -0.39 is 36.1 Å². The molecule has 2 aliphatic rings. The molecule has 1 aromatic carbocycles. The number of nitrogens with zero attached hydrogens (tertiary/aromatic N) is 3. The molecule has 0 spiro atoms. The van der Waals surface area contributed by atoms with Gasteiger partial charge in [0.1, 0.15) is 23.9 Å². The first-order chi connectivity index (χ1) is 16.1. The van der Waals surface area contributed by atoms with Gasteiger partial charge >= 0.3 is 6.18 Å². The minimum atomic E-state index is -4.67. The summed E-state index contributed by atoms with van der Waals surface area (Å²) < 4.78 is 65.1. The van der Waals surface area contributed by atoms with Crippen LogP contribution in [0.25, 0.3) is 0 Å². The fourth-order valence-electron chi connectivity index (χ4n) is 3.76. The molecule has 0 radical (unpaired) electrons. The highest BCUT2D eigenvalue weighted by Gasteiger charge is 2.50. The van der Waals surface area contributed by atoms with Crippen molar-refractivity contribution in [2.24, 2.45) is 15.7 Å². The van der Waals surface area contributed by atoms with E-state index in [0.29, 0.717) is 28.5 Å². The number of rotatable bonds is 4. The molecule has 3 N–H and O–H groups in total. The van der Waals surface area contributed by atoms with E-state index in [4.69, 9.17) is 10.5 Å². The zero-order valence-corrected chi connectivity index (χ0v) is 18.3. The normalized spacial score (nSPS) is 21.6. The molecule has 0 unspecified atom stereocenters. The third-order valence-electron chi connectivity index (χ3n) is 5.46. The Bertz CT molecular complexity index is 1210. The molecular weight excluding hydrogens is 454 g/mol. The predicted octanol–water partition coefficient (Wildman–Crippen LogP) is 3.69. The number of benzene rings is 1. The lowest BCUT2D eigenvalue weighted by Gasteiger charge is -2.36. The van der Waals surface area contributed by atoms with Crippen molar-refractivity contribution in [1.29, 1.82) is 0 Å². The molecule has 4 rings (SSSR count). The van der Waals surface area contributed by atoms with Crippen molar-refractivity contribution in [2.45, 2.75) is 44.6 Å². The van der Waals surface area contributed by atoms with Crippen LogP contribution in [-0.4, -0.2) is 35.7 Å². The minimum Gasteiger partial charge on any atom is -0.479 e. The molecular formula is C23H21F4N5O2. The maximum atomic E-state index is 15.0. The summed E-state index contributed by atoms with van der Waals surface area (Å²) in [5.41, 5.74) is 5.34. The average Bonchev–Trinajstić information content (AvgIpc) is 2.78. The summed E-state index contributed by atoms with van der Waals surface area (Å²) in [4.78, 5) is 12.8. The van der Waals surface area contributed by atoms with Crippen LogP contribution in [0.1, 0.15) is 37.1 Å². The van der Waals surface area contributed by atoms with E-state index in [-0.39, 0.29) is 18.7 Å². The Morgan fingerprint density at radius 2 is 2.12 bits per heavy atom. The Balaban J connectivity index is 1.65. The van der Waals surface area contributed by atoms with E-state index in [2.05, 4.69) is 36.9 Å². The van der Waals surface area contributed by atoms with E-state index in [1.807, 2.05) is 0 Å². The Hall–Kier alpha value is -3.81. The molecule has 2 atom stereocenters. The minimum absolute atomic E-state index is 0.0505. The van der Waals surface area contributed by atoms with Gasteiger partial charge in [-0.2, -0.15) is 13.2 Å². The molecule has 178 valence electrons. The number of halogens is 4. The number of ether oxygens (including phenoxy) is 2. The quantitative estimate of drug-likeness (QED) is 0.520. The Morgan fingerprint density at radius 3 is 2.79 bits per heavy atom. The van der Waals surface area contributed by atoms with Crippen LogP contribution < -0.4 is 15.8 Å². The first kappa shape index (κ1) is 23.4. The van der Waals surface area contributed by atoms with Gasteiger partial charge in [-0.3, -0.25) is 0 Å².